The van der Waals surface area contributed by atoms with Gasteiger partial charge in [0.2, 0.25) is 0 Å². The third-order valence-electron chi connectivity index (χ3n) is 7.06. The molecule has 5 rings (SSSR count). The maximum Gasteiger partial charge on any atom is 1.00 e. The Bertz CT molecular complexity index is 1340. The number of likely N-dealkylation sites (tertiary alicyclic amines) is 1. The van der Waals surface area contributed by atoms with E-state index in [0.717, 1.165) is 48.3 Å². The Balaban J connectivity index is 0.00000336. The molecule has 0 bridgehead atoms. The van der Waals surface area contributed by atoms with Gasteiger partial charge in [-0.3, -0.25) is 4.39 Å². The van der Waals surface area contributed by atoms with Crippen LogP contribution in [0.4, 0.5) is 8.78 Å². The Hall–Kier alpha value is -2.22. The van der Waals surface area contributed by atoms with Crippen molar-refractivity contribution < 1.29 is 53.0 Å². The Morgan fingerprint density at radius 2 is 1.79 bits per heavy atom. The second kappa shape index (κ2) is 12.8. The number of carbonyl (C=O) groups excluding carboxylic acids is 1. The molecule has 2 aliphatic heterocycles. The number of carboxylic acids is 1. The molecular weight excluding hydrogens is 519 g/mol. The fourth-order valence-corrected chi connectivity index (χ4v) is 5.55. The van der Waals surface area contributed by atoms with E-state index in [1.165, 1.54) is 29.8 Å². The van der Waals surface area contributed by atoms with Crippen molar-refractivity contribution in [3.8, 4) is 5.75 Å². The number of aromatic carboxylic acids is 1. The molecule has 0 saturated carbocycles. The summed E-state index contributed by atoms with van der Waals surface area (Å²) in [6, 6.07) is 17.4. The van der Waals surface area contributed by atoms with Gasteiger partial charge in [-0.25, -0.2) is 4.39 Å². The summed E-state index contributed by atoms with van der Waals surface area (Å²) in [5.74, 6) is -0.667. The molecule has 1 saturated heterocycles. The molecule has 3 aromatic rings. The van der Waals surface area contributed by atoms with Gasteiger partial charge in [-0.05, 0) is 70.9 Å². The smallest absolute Gasteiger partial charge is 0.545 e. The molecule has 3 aromatic carbocycles. The number of halogens is 3. The van der Waals surface area contributed by atoms with Crippen molar-refractivity contribution in [3.05, 3.63) is 99.3 Å². The Morgan fingerprint density at radius 3 is 2.47 bits per heavy atom. The van der Waals surface area contributed by atoms with Crippen LogP contribution in [0.2, 0.25) is 5.02 Å². The summed E-state index contributed by atoms with van der Waals surface area (Å²) in [6.07, 6.45) is 2.05. The zero-order valence-electron chi connectivity index (χ0n) is 21.3. The van der Waals surface area contributed by atoms with Crippen LogP contribution in [-0.2, 0) is 6.42 Å². The van der Waals surface area contributed by atoms with Crippen LogP contribution in [0.25, 0.3) is 11.1 Å². The maximum absolute atomic E-state index is 13.8. The summed E-state index contributed by atoms with van der Waals surface area (Å²) in [7, 11) is 0. The van der Waals surface area contributed by atoms with Gasteiger partial charge in [0.25, 0.3) is 0 Å². The van der Waals surface area contributed by atoms with Crippen molar-refractivity contribution in [2.24, 2.45) is 5.92 Å². The molecule has 0 spiro atoms. The van der Waals surface area contributed by atoms with Crippen LogP contribution in [0, 0.1) is 11.7 Å². The Kier molecular flexibility index (Phi) is 9.66. The molecule has 38 heavy (non-hydrogen) atoms. The molecule has 0 atom stereocenters. The number of hydrogen-bond donors (Lipinski definition) is 0. The van der Waals surface area contributed by atoms with Gasteiger partial charge < -0.3 is 19.5 Å². The molecule has 192 valence electrons. The minimum absolute atomic E-state index is 0. The molecule has 2 heterocycles. The second-order valence-electron chi connectivity index (χ2n) is 9.64. The van der Waals surface area contributed by atoms with E-state index in [1.807, 2.05) is 0 Å². The summed E-state index contributed by atoms with van der Waals surface area (Å²) in [5, 5.41) is 11.8. The monoisotopic (exact) mass is 545 g/mol. The van der Waals surface area contributed by atoms with Crippen LogP contribution in [0.1, 0.15) is 45.5 Å². The minimum atomic E-state index is -1.27. The summed E-state index contributed by atoms with van der Waals surface area (Å²) in [5.41, 5.74) is 5.43. The minimum Gasteiger partial charge on any atom is -0.545 e. The number of benzene rings is 3. The van der Waals surface area contributed by atoms with Gasteiger partial charge >= 0.3 is 29.6 Å². The molecule has 0 amide bonds. The molecule has 0 N–H and O–H groups in total. The molecule has 1 fully saturated rings. The van der Waals surface area contributed by atoms with Crippen molar-refractivity contribution in [1.82, 2.24) is 4.90 Å². The van der Waals surface area contributed by atoms with Crippen LogP contribution < -0.4 is 39.4 Å². The zero-order valence-corrected chi connectivity index (χ0v) is 24.1. The van der Waals surface area contributed by atoms with E-state index in [4.69, 9.17) is 16.3 Å². The molecule has 2 aliphatic rings. The van der Waals surface area contributed by atoms with Gasteiger partial charge in [-0.15, -0.1) is 0 Å². The molecule has 0 aliphatic carbocycles. The van der Waals surface area contributed by atoms with Crippen molar-refractivity contribution in [1.29, 1.82) is 0 Å². The van der Waals surface area contributed by atoms with Crippen molar-refractivity contribution in [2.75, 3.05) is 32.9 Å². The topological polar surface area (TPSA) is 52.6 Å². The predicted octanol–water partition coefficient (Wildman–Crippen LogP) is 2.42. The quantitative estimate of drug-likeness (QED) is 0.408. The fraction of sp³-hybridized carbons (Fsp3) is 0.300. The third-order valence-corrected chi connectivity index (χ3v) is 7.37. The first-order chi connectivity index (χ1) is 17.9. The number of carbonyl (C=O) groups is 1. The Morgan fingerprint density at radius 1 is 1.05 bits per heavy atom. The van der Waals surface area contributed by atoms with Gasteiger partial charge in [0.15, 0.2) is 0 Å². The second-order valence-corrected chi connectivity index (χ2v) is 10.1. The number of nitrogens with zero attached hydrogens (tertiary/aromatic N) is 1. The molecule has 0 aromatic heterocycles. The largest absolute Gasteiger partial charge is 1.00 e. The van der Waals surface area contributed by atoms with E-state index in [9.17, 15) is 18.7 Å². The first-order valence-electron chi connectivity index (χ1n) is 12.5. The van der Waals surface area contributed by atoms with Gasteiger partial charge in [0, 0.05) is 37.2 Å². The zero-order chi connectivity index (χ0) is 25.9. The van der Waals surface area contributed by atoms with Gasteiger partial charge in [-0.2, -0.15) is 0 Å². The summed E-state index contributed by atoms with van der Waals surface area (Å²) in [6.45, 7) is 2.84. The van der Waals surface area contributed by atoms with Gasteiger partial charge in [0.05, 0.1) is 24.3 Å². The standard InChI is InChI=1S/C30H28ClF2NO3.Na/c31-27-16-23(33)7-9-24(27)25-10-13-37-28-15-22(30(35)36)6-8-26(28)29(25)21-4-2-19(3-5-21)14-20-17-34(18-20)12-1-11-32;/h2-9,15-16,20H,1,10-14,17-18H2,(H,35,36);/q;+1/p-1. The first-order valence-corrected chi connectivity index (χ1v) is 12.9. The maximum atomic E-state index is 13.8. The van der Waals surface area contributed by atoms with Crippen LogP contribution in [0.3, 0.4) is 0 Å². The SMILES string of the molecule is O=C([O-])c1ccc2c(c1)OCCC(c1ccc(F)cc1Cl)=C2c1ccc(CC2CN(CCCF)C2)cc1.[Na+]. The molecule has 8 heteroatoms. The summed E-state index contributed by atoms with van der Waals surface area (Å²) in [4.78, 5) is 13.7. The van der Waals surface area contributed by atoms with Crippen molar-refractivity contribution in [3.63, 3.8) is 0 Å². The first kappa shape index (κ1) is 28.8. The van der Waals surface area contributed by atoms with Gasteiger partial charge in [-0.1, -0.05) is 48.0 Å². The van der Waals surface area contributed by atoms with Crippen LogP contribution in [-0.4, -0.2) is 43.8 Å². The van der Waals surface area contributed by atoms with Crippen LogP contribution in [0.5, 0.6) is 5.75 Å². The molecule has 0 unspecified atom stereocenters. The number of fused-ring (bicyclic) bond motifs is 1. The number of hydrogen-bond acceptors (Lipinski definition) is 4. The van der Waals surface area contributed by atoms with E-state index in [2.05, 4.69) is 29.2 Å². The molecular formula is C30H27ClF2NNaO3. The number of ether oxygens (including phenoxy) is 1. The number of rotatable bonds is 8. The van der Waals surface area contributed by atoms with E-state index in [-0.39, 0.29) is 41.8 Å². The fourth-order valence-electron chi connectivity index (χ4n) is 5.27. The third kappa shape index (κ3) is 6.32. The number of carboxylic acid groups (broad SMARTS) is 1. The van der Waals surface area contributed by atoms with E-state index in [1.54, 1.807) is 12.1 Å². The average molecular weight is 546 g/mol. The average Bonchev–Trinajstić information content (AvgIpc) is 3.04. The molecule has 4 nitrogen and oxygen atoms in total. The summed E-state index contributed by atoms with van der Waals surface area (Å²) < 4.78 is 32.2. The van der Waals surface area contributed by atoms with E-state index < -0.39 is 11.8 Å². The van der Waals surface area contributed by atoms with Crippen LogP contribution >= 0.6 is 11.6 Å². The van der Waals surface area contributed by atoms with Crippen molar-refractivity contribution >= 4 is 28.7 Å². The Labute approximate surface area is 248 Å². The summed E-state index contributed by atoms with van der Waals surface area (Å²) >= 11 is 6.49. The van der Waals surface area contributed by atoms with E-state index >= 15 is 0 Å². The predicted molar refractivity (Wildman–Crippen MR) is 139 cm³/mol. The normalized spacial score (nSPS) is 15.7. The van der Waals surface area contributed by atoms with Crippen LogP contribution in [0.15, 0.2) is 60.7 Å². The number of alkyl halides is 1. The van der Waals surface area contributed by atoms with Crippen molar-refractivity contribution in [2.45, 2.75) is 19.3 Å². The molecule has 0 radical (unpaired) electrons. The van der Waals surface area contributed by atoms with Gasteiger partial charge in [0.1, 0.15) is 11.6 Å². The van der Waals surface area contributed by atoms with E-state index in [0.29, 0.717) is 41.7 Å².